The Hall–Kier alpha value is -1.99. The maximum atomic E-state index is 10.8. The van der Waals surface area contributed by atoms with Crippen LogP contribution in [0.5, 0.6) is 17.2 Å². The van der Waals surface area contributed by atoms with Gasteiger partial charge >= 0.3 is 0 Å². The lowest BCUT2D eigenvalue weighted by Crippen LogP contribution is -2.40. The summed E-state index contributed by atoms with van der Waals surface area (Å²) in [5.74, 6) is -1.84. The number of hydrazine groups is 1. The van der Waals surface area contributed by atoms with Crippen molar-refractivity contribution in [1.82, 2.24) is 10.9 Å². The van der Waals surface area contributed by atoms with Crippen molar-refractivity contribution in [3.63, 3.8) is 0 Å². The van der Waals surface area contributed by atoms with Gasteiger partial charge in [-0.15, -0.1) is 0 Å². The molecule has 0 spiro atoms. The molecule has 0 saturated heterocycles. The van der Waals surface area contributed by atoms with E-state index in [4.69, 9.17) is 10.8 Å². The first-order valence-electron chi connectivity index (χ1n) is 4.50. The van der Waals surface area contributed by atoms with Crippen molar-refractivity contribution < 1.29 is 20.1 Å². The fraction of sp³-hybridized carbons (Fsp3) is 0.222. The van der Waals surface area contributed by atoms with E-state index in [0.717, 1.165) is 0 Å². The van der Waals surface area contributed by atoms with Gasteiger partial charge in [-0.3, -0.25) is 10.2 Å². The molecule has 7 N–H and O–H groups in total. The molecule has 0 bridgehead atoms. The molecule has 1 aromatic rings. The van der Waals surface area contributed by atoms with E-state index in [0.29, 0.717) is 5.56 Å². The third-order valence-corrected chi connectivity index (χ3v) is 1.91. The standard InChI is InChI=1S/C9H13N3O4/c10-3-7(14)12-11-4-5-1-2-6(13)9(16)8(5)15/h1-2,11,13,15-16H,3-4,10H2,(H,12,14). The van der Waals surface area contributed by atoms with Crippen LogP contribution in [0.15, 0.2) is 12.1 Å². The van der Waals surface area contributed by atoms with Crippen molar-refractivity contribution in [2.24, 2.45) is 5.73 Å². The molecule has 0 aliphatic heterocycles. The van der Waals surface area contributed by atoms with Crippen LogP contribution in [0.2, 0.25) is 0 Å². The van der Waals surface area contributed by atoms with E-state index in [2.05, 4.69) is 10.9 Å². The zero-order chi connectivity index (χ0) is 12.1. The summed E-state index contributed by atoms with van der Waals surface area (Å²) < 4.78 is 0. The molecule has 0 aliphatic rings. The van der Waals surface area contributed by atoms with Crippen LogP contribution in [0, 0.1) is 0 Å². The molecule has 0 unspecified atom stereocenters. The van der Waals surface area contributed by atoms with Gasteiger partial charge in [0.25, 0.3) is 0 Å². The highest BCUT2D eigenvalue weighted by Crippen LogP contribution is 2.36. The molecule has 16 heavy (non-hydrogen) atoms. The summed E-state index contributed by atoms with van der Waals surface area (Å²) in [7, 11) is 0. The Morgan fingerprint density at radius 2 is 1.94 bits per heavy atom. The molecule has 1 rings (SSSR count). The normalized spacial score (nSPS) is 10.1. The molecule has 1 aromatic carbocycles. The van der Waals surface area contributed by atoms with E-state index in [-0.39, 0.29) is 13.1 Å². The van der Waals surface area contributed by atoms with E-state index in [9.17, 15) is 15.0 Å². The summed E-state index contributed by atoms with van der Waals surface area (Å²) in [4.78, 5) is 10.8. The Morgan fingerprint density at radius 3 is 2.56 bits per heavy atom. The second-order valence-electron chi connectivity index (χ2n) is 3.05. The van der Waals surface area contributed by atoms with E-state index in [1.165, 1.54) is 12.1 Å². The average molecular weight is 227 g/mol. The summed E-state index contributed by atoms with van der Waals surface area (Å²) in [5, 5.41) is 27.7. The molecular weight excluding hydrogens is 214 g/mol. The number of aromatic hydroxyl groups is 3. The summed E-state index contributed by atoms with van der Waals surface area (Å²) in [6.07, 6.45) is 0. The highest BCUT2D eigenvalue weighted by Gasteiger charge is 2.10. The van der Waals surface area contributed by atoms with Crippen molar-refractivity contribution in [3.8, 4) is 17.2 Å². The number of carbonyl (C=O) groups is 1. The number of hydrogen-bond acceptors (Lipinski definition) is 6. The molecule has 7 nitrogen and oxygen atoms in total. The first-order valence-corrected chi connectivity index (χ1v) is 4.50. The number of hydrogen-bond donors (Lipinski definition) is 6. The molecule has 88 valence electrons. The fourth-order valence-corrected chi connectivity index (χ4v) is 1.04. The van der Waals surface area contributed by atoms with Crippen LogP contribution in [0.25, 0.3) is 0 Å². The smallest absolute Gasteiger partial charge is 0.247 e. The monoisotopic (exact) mass is 227 g/mol. The van der Waals surface area contributed by atoms with E-state index in [1.54, 1.807) is 0 Å². The molecule has 0 atom stereocenters. The number of phenolic OH excluding ortho intramolecular Hbond substituents is 3. The maximum Gasteiger partial charge on any atom is 0.247 e. The molecule has 0 aliphatic carbocycles. The Kier molecular flexibility index (Phi) is 3.92. The quantitative estimate of drug-likeness (QED) is 0.286. The SMILES string of the molecule is NCC(=O)NNCc1ccc(O)c(O)c1O. The van der Waals surface area contributed by atoms with E-state index < -0.39 is 23.2 Å². The Bertz CT molecular complexity index is 395. The van der Waals surface area contributed by atoms with Crippen molar-refractivity contribution >= 4 is 5.91 Å². The first kappa shape index (κ1) is 12.1. The van der Waals surface area contributed by atoms with Crippen molar-refractivity contribution in [2.75, 3.05) is 6.54 Å². The van der Waals surface area contributed by atoms with Gasteiger partial charge < -0.3 is 21.1 Å². The van der Waals surface area contributed by atoms with Crippen molar-refractivity contribution in [2.45, 2.75) is 6.54 Å². The van der Waals surface area contributed by atoms with Gasteiger partial charge in [-0.1, -0.05) is 6.07 Å². The second kappa shape index (κ2) is 5.19. The second-order valence-corrected chi connectivity index (χ2v) is 3.05. The fourth-order valence-electron chi connectivity index (χ4n) is 1.04. The third-order valence-electron chi connectivity index (χ3n) is 1.91. The number of carbonyl (C=O) groups excluding carboxylic acids is 1. The van der Waals surface area contributed by atoms with Gasteiger partial charge in [-0.2, -0.15) is 0 Å². The van der Waals surface area contributed by atoms with Gasteiger partial charge in [0.1, 0.15) is 0 Å². The van der Waals surface area contributed by atoms with Crippen LogP contribution in [-0.2, 0) is 11.3 Å². The highest BCUT2D eigenvalue weighted by atomic mass is 16.3. The van der Waals surface area contributed by atoms with Crippen LogP contribution >= 0.6 is 0 Å². The van der Waals surface area contributed by atoms with Crippen LogP contribution < -0.4 is 16.6 Å². The summed E-state index contributed by atoms with van der Waals surface area (Å²) in [6, 6.07) is 2.64. The number of amides is 1. The lowest BCUT2D eigenvalue weighted by atomic mass is 10.2. The molecule has 0 heterocycles. The van der Waals surface area contributed by atoms with Crippen LogP contribution in [0.3, 0.4) is 0 Å². The number of nitrogens with one attached hydrogen (secondary N) is 2. The lowest BCUT2D eigenvalue weighted by Gasteiger charge is -2.09. The lowest BCUT2D eigenvalue weighted by molar-refractivity contribution is -0.120. The van der Waals surface area contributed by atoms with E-state index in [1.807, 2.05) is 0 Å². The minimum Gasteiger partial charge on any atom is -0.504 e. The Balaban J connectivity index is 2.61. The summed E-state index contributed by atoms with van der Waals surface area (Å²) in [6.45, 7) is -0.0643. The number of benzene rings is 1. The van der Waals surface area contributed by atoms with Crippen LogP contribution in [0.4, 0.5) is 0 Å². The Labute approximate surface area is 91.5 Å². The topological polar surface area (TPSA) is 128 Å². The predicted octanol–water partition coefficient (Wildman–Crippen LogP) is -1.12. The van der Waals surface area contributed by atoms with Crippen molar-refractivity contribution in [3.05, 3.63) is 17.7 Å². The minimum atomic E-state index is -0.593. The molecular formula is C9H13N3O4. The third kappa shape index (κ3) is 2.75. The number of phenols is 3. The van der Waals surface area contributed by atoms with Gasteiger partial charge in [-0.25, -0.2) is 5.43 Å². The largest absolute Gasteiger partial charge is 0.504 e. The van der Waals surface area contributed by atoms with Crippen LogP contribution in [-0.4, -0.2) is 27.8 Å². The van der Waals surface area contributed by atoms with Crippen molar-refractivity contribution in [1.29, 1.82) is 0 Å². The maximum absolute atomic E-state index is 10.8. The molecule has 0 fully saturated rings. The van der Waals surface area contributed by atoms with Gasteiger partial charge in [-0.05, 0) is 6.07 Å². The van der Waals surface area contributed by atoms with Gasteiger partial charge in [0.05, 0.1) is 6.54 Å². The number of rotatable bonds is 4. The minimum absolute atomic E-state index is 0.0887. The zero-order valence-electron chi connectivity index (χ0n) is 8.40. The molecule has 0 radical (unpaired) electrons. The van der Waals surface area contributed by atoms with Gasteiger partial charge in [0, 0.05) is 12.1 Å². The highest BCUT2D eigenvalue weighted by molar-refractivity contribution is 5.77. The molecule has 0 aromatic heterocycles. The Morgan fingerprint density at radius 1 is 1.25 bits per heavy atom. The molecule has 0 saturated carbocycles. The average Bonchev–Trinajstić information content (AvgIpc) is 2.29. The predicted molar refractivity (Wildman–Crippen MR) is 55.5 cm³/mol. The summed E-state index contributed by atoms with van der Waals surface area (Å²) >= 11 is 0. The first-order chi connectivity index (χ1) is 7.56. The van der Waals surface area contributed by atoms with Gasteiger partial charge in [0.15, 0.2) is 11.5 Å². The van der Waals surface area contributed by atoms with Crippen LogP contribution in [0.1, 0.15) is 5.56 Å². The van der Waals surface area contributed by atoms with Gasteiger partial charge in [0.2, 0.25) is 11.7 Å². The summed E-state index contributed by atoms with van der Waals surface area (Å²) in [5.41, 5.74) is 10.2. The van der Waals surface area contributed by atoms with E-state index >= 15 is 0 Å². The number of nitrogens with two attached hydrogens (primary N) is 1. The molecule has 1 amide bonds. The molecule has 7 heteroatoms. The zero-order valence-corrected chi connectivity index (χ0v) is 8.40.